The number of aliphatic carboxylic acids is 1. The maximum absolute atomic E-state index is 10.8. The fourth-order valence-corrected chi connectivity index (χ4v) is 0.971. The Kier molecular flexibility index (Phi) is 10.3. The summed E-state index contributed by atoms with van der Waals surface area (Å²) >= 11 is 0. The quantitative estimate of drug-likeness (QED) is 0.367. The first-order chi connectivity index (χ1) is 8.22. The molecule has 0 aromatic carbocycles. The minimum Gasteiger partial charge on any atom is -0.478 e. The monoisotopic (exact) mass is 242 g/mol. The third-order valence-electron chi connectivity index (χ3n) is 1.79. The van der Waals surface area contributed by atoms with Crippen LogP contribution in [-0.4, -0.2) is 49.2 Å². The molecular formula is C12H18O5. The average Bonchev–Trinajstić information content (AvgIpc) is 2.31. The number of allylic oxidation sites excluding steroid dienone is 1. The Morgan fingerprint density at radius 2 is 2.00 bits per heavy atom. The van der Waals surface area contributed by atoms with Crippen molar-refractivity contribution in [3.8, 4) is 11.8 Å². The van der Waals surface area contributed by atoms with Crippen molar-refractivity contribution in [3.05, 3.63) is 11.6 Å². The molecule has 0 aliphatic heterocycles. The van der Waals surface area contributed by atoms with Crippen LogP contribution in [0, 0.1) is 11.8 Å². The molecule has 96 valence electrons. The highest BCUT2D eigenvalue weighted by Crippen LogP contribution is 2.01. The topological polar surface area (TPSA) is 76.0 Å². The Hall–Kier alpha value is -1.35. The van der Waals surface area contributed by atoms with Gasteiger partial charge in [-0.15, -0.1) is 0 Å². The number of rotatable bonds is 8. The molecule has 0 radical (unpaired) electrons. The first kappa shape index (κ1) is 15.7. The molecule has 0 saturated carbocycles. The maximum atomic E-state index is 10.8. The summed E-state index contributed by atoms with van der Waals surface area (Å²) in [6.45, 7) is 3.52. The lowest BCUT2D eigenvalue weighted by molar-refractivity contribution is -0.132. The maximum Gasteiger partial charge on any atom is 0.332 e. The Bertz CT molecular complexity index is 298. The average molecular weight is 242 g/mol. The molecule has 0 bridgehead atoms. The number of carboxylic acid groups (broad SMARTS) is 1. The van der Waals surface area contributed by atoms with Gasteiger partial charge in [0.05, 0.1) is 19.8 Å². The van der Waals surface area contributed by atoms with Crippen LogP contribution >= 0.6 is 0 Å². The third kappa shape index (κ3) is 9.57. The van der Waals surface area contributed by atoms with Crippen LogP contribution in [-0.2, 0) is 14.3 Å². The van der Waals surface area contributed by atoms with Gasteiger partial charge in [0.1, 0.15) is 6.61 Å². The fourth-order valence-electron chi connectivity index (χ4n) is 0.971. The van der Waals surface area contributed by atoms with Gasteiger partial charge in [-0.1, -0.05) is 11.8 Å². The molecule has 0 atom stereocenters. The minimum atomic E-state index is -1.02. The van der Waals surface area contributed by atoms with E-state index in [9.17, 15) is 4.79 Å². The predicted octanol–water partition coefficient (Wildman–Crippen LogP) is 0.436. The molecule has 0 aliphatic rings. The number of ether oxygens (including phenoxy) is 2. The van der Waals surface area contributed by atoms with Crippen LogP contribution in [0.4, 0.5) is 0 Å². The molecule has 0 aromatic heterocycles. The molecule has 0 saturated heterocycles. The largest absolute Gasteiger partial charge is 0.478 e. The summed E-state index contributed by atoms with van der Waals surface area (Å²) < 4.78 is 10.3. The molecular weight excluding hydrogens is 224 g/mol. The summed E-state index contributed by atoms with van der Waals surface area (Å²) in [6.07, 6.45) is 1.56. The summed E-state index contributed by atoms with van der Waals surface area (Å²) in [4.78, 5) is 10.8. The molecule has 5 heteroatoms. The standard InChI is InChI=1S/C12H18O5/c1-2-16-9-10-17-8-6-11(12(14)15)5-3-4-7-13/h5,13H,2,6-10H2,1H3,(H,14,15). The minimum absolute atomic E-state index is 0.169. The van der Waals surface area contributed by atoms with E-state index in [0.717, 1.165) is 0 Å². The Morgan fingerprint density at radius 1 is 1.29 bits per heavy atom. The van der Waals surface area contributed by atoms with Gasteiger partial charge in [-0.25, -0.2) is 4.79 Å². The van der Waals surface area contributed by atoms with Gasteiger partial charge in [-0.2, -0.15) is 0 Å². The Balaban J connectivity index is 3.86. The summed E-state index contributed by atoms with van der Waals surface area (Å²) in [5.74, 6) is 3.79. The van der Waals surface area contributed by atoms with Crippen LogP contribution in [0.3, 0.4) is 0 Å². The summed E-state index contributed by atoms with van der Waals surface area (Å²) in [7, 11) is 0. The summed E-state index contributed by atoms with van der Waals surface area (Å²) in [6, 6.07) is 0. The van der Waals surface area contributed by atoms with E-state index >= 15 is 0 Å². The van der Waals surface area contributed by atoms with Gasteiger partial charge < -0.3 is 19.7 Å². The van der Waals surface area contributed by atoms with E-state index < -0.39 is 5.97 Å². The van der Waals surface area contributed by atoms with Crippen molar-refractivity contribution < 1.29 is 24.5 Å². The first-order valence-electron chi connectivity index (χ1n) is 5.39. The van der Waals surface area contributed by atoms with E-state index in [2.05, 4.69) is 11.8 Å². The lowest BCUT2D eigenvalue weighted by Gasteiger charge is -2.04. The molecule has 0 aromatic rings. The molecule has 5 nitrogen and oxygen atoms in total. The number of carbonyl (C=O) groups is 1. The number of hydrogen-bond acceptors (Lipinski definition) is 4. The highest BCUT2D eigenvalue weighted by molar-refractivity contribution is 5.87. The van der Waals surface area contributed by atoms with Gasteiger partial charge in [0, 0.05) is 18.6 Å². The normalized spacial score (nSPS) is 10.8. The predicted molar refractivity (Wildman–Crippen MR) is 62.5 cm³/mol. The van der Waals surface area contributed by atoms with Crippen molar-refractivity contribution in [2.45, 2.75) is 13.3 Å². The van der Waals surface area contributed by atoms with Crippen molar-refractivity contribution >= 4 is 5.97 Å². The van der Waals surface area contributed by atoms with Crippen molar-refractivity contribution in [1.29, 1.82) is 0 Å². The molecule has 0 rings (SSSR count). The van der Waals surface area contributed by atoms with Crippen LogP contribution in [0.5, 0.6) is 0 Å². The van der Waals surface area contributed by atoms with Crippen LogP contribution in [0.15, 0.2) is 11.6 Å². The van der Waals surface area contributed by atoms with Crippen LogP contribution in [0.2, 0.25) is 0 Å². The molecule has 0 spiro atoms. The molecule has 17 heavy (non-hydrogen) atoms. The molecule has 0 heterocycles. The van der Waals surface area contributed by atoms with E-state index in [4.69, 9.17) is 19.7 Å². The third-order valence-corrected chi connectivity index (χ3v) is 1.79. The van der Waals surface area contributed by atoms with Gasteiger partial charge in [-0.05, 0) is 13.0 Å². The van der Waals surface area contributed by atoms with E-state index in [0.29, 0.717) is 26.4 Å². The molecule has 0 aliphatic carbocycles. The number of hydrogen-bond donors (Lipinski definition) is 2. The van der Waals surface area contributed by atoms with Crippen molar-refractivity contribution in [2.75, 3.05) is 33.0 Å². The molecule has 0 unspecified atom stereocenters. The van der Waals surface area contributed by atoms with Crippen molar-refractivity contribution in [2.24, 2.45) is 0 Å². The summed E-state index contributed by atoms with van der Waals surface area (Å²) in [5.41, 5.74) is 0.169. The van der Waals surface area contributed by atoms with Gasteiger partial charge in [-0.3, -0.25) is 0 Å². The van der Waals surface area contributed by atoms with Crippen molar-refractivity contribution in [3.63, 3.8) is 0 Å². The lowest BCUT2D eigenvalue weighted by atomic mass is 10.2. The SMILES string of the molecule is CCOCCOCCC(=CC#CCO)C(=O)O. The van der Waals surface area contributed by atoms with Gasteiger partial charge in [0.2, 0.25) is 0 Å². The first-order valence-corrected chi connectivity index (χ1v) is 5.39. The Morgan fingerprint density at radius 3 is 2.59 bits per heavy atom. The second kappa shape index (κ2) is 11.1. The Labute approximate surface area is 101 Å². The zero-order chi connectivity index (χ0) is 12.9. The smallest absolute Gasteiger partial charge is 0.332 e. The highest BCUT2D eigenvalue weighted by Gasteiger charge is 2.05. The van der Waals surface area contributed by atoms with Crippen LogP contribution < -0.4 is 0 Å². The van der Waals surface area contributed by atoms with E-state index in [-0.39, 0.29) is 18.6 Å². The summed E-state index contributed by atoms with van der Waals surface area (Å²) in [5, 5.41) is 17.3. The second-order valence-electron chi connectivity index (χ2n) is 3.01. The van der Waals surface area contributed by atoms with Gasteiger partial charge in [0.15, 0.2) is 0 Å². The van der Waals surface area contributed by atoms with Crippen LogP contribution in [0.1, 0.15) is 13.3 Å². The second-order valence-corrected chi connectivity index (χ2v) is 3.01. The van der Waals surface area contributed by atoms with Gasteiger partial charge in [0.25, 0.3) is 0 Å². The van der Waals surface area contributed by atoms with E-state index in [1.54, 1.807) is 0 Å². The van der Waals surface area contributed by atoms with E-state index in [1.165, 1.54) is 6.08 Å². The number of aliphatic hydroxyl groups is 1. The van der Waals surface area contributed by atoms with Crippen LogP contribution in [0.25, 0.3) is 0 Å². The van der Waals surface area contributed by atoms with E-state index in [1.807, 2.05) is 6.92 Å². The zero-order valence-corrected chi connectivity index (χ0v) is 9.94. The number of carboxylic acids is 1. The molecule has 2 N–H and O–H groups in total. The molecule has 0 amide bonds. The van der Waals surface area contributed by atoms with Gasteiger partial charge >= 0.3 is 5.97 Å². The zero-order valence-electron chi connectivity index (χ0n) is 9.94. The van der Waals surface area contributed by atoms with Crippen molar-refractivity contribution in [1.82, 2.24) is 0 Å². The fraction of sp³-hybridized carbons (Fsp3) is 0.583. The molecule has 0 fully saturated rings. The highest BCUT2D eigenvalue weighted by atomic mass is 16.5. The lowest BCUT2D eigenvalue weighted by Crippen LogP contribution is -2.08. The number of aliphatic hydroxyl groups excluding tert-OH is 1.